The Morgan fingerprint density at radius 1 is 1.40 bits per heavy atom. The van der Waals surface area contributed by atoms with E-state index in [0.29, 0.717) is 19.6 Å². The topological polar surface area (TPSA) is 63.7 Å². The molecule has 20 heavy (non-hydrogen) atoms. The van der Waals surface area contributed by atoms with Crippen LogP contribution in [0.2, 0.25) is 5.02 Å². The van der Waals surface area contributed by atoms with Crippen LogP contribution in [-0.2, 0) is 13.8 Å². The first-order valence-corrected chi connectivity index (χ1v) is 8.45. The molecule has 0 spiro atoms. The number of hydrogen-bond donors (Lipinski definition) is 0. The molecule has 0 N–H and O–H groups in total. The summed E-state index contributed by atoms with van der Waals surface area (Å²) in [5, 5.41) is 0.0512. The van der Waals surface area contributed by atoms with Crippen molar-refractivity contribution in [2.45, 2.75) is 11.3 Å². The smallest absolute Gasteiger partial charge is 0.262 e. The minimum absolute atomic E-state index is 0.0512. The van der Waals surface area contributed by atoms with Gasteiger partial charge in [-0.25, -0.2) is 8.42 Å². The lowest BCUT2D eigenvalue weighted by Crippen LogP contribution is -2.29. The van der Waals surface area contributed by atoms with Crippen LogP contribution in [0.3, 0.4) is 0 Å². The van der Waals surface area contributed by atoms with Crippen molar-refractivity contribution < 1.29 is 17.9 Å². The molecule has 0 unspecified atom stereocenters. The van der Waals surface area contributed by atoms with Crippen molar-refractivity contribution in [3.8, 4) is 0 Å². The van der Waals surface area contributed by atoms with Crippen LogP contribution in [-0.4, -0.2) is 46.5 Å². The Labute approximate surface area is 127 Å². The molecular formula is C12H15Cl2NO4S. The molecule has 0 heterocycles. The Hall–Kier alpha value is -0.820. The molecule has 0 saturated carbocycles. The van der Waals surface area contributed by atoms with E-state index in [1.165, 1.54) is 23.1 Å². The van der Waals surface area contributed by atoms with Gasteiger partial charge in [-0.3, -0.25) is 4.79 Å². The molecule has 0 aromatic heterocycles. The van der Waals surface area contributed by atoms with E-state index in [-0.39, 0.29) is 15.5 Å². The molecule has 0 saturated heterocycles. The van der Waals surface area contributed by atoms with E-state index in [2.05, 4.69) is 0 Å². The highest BCUT2D eigenvalue weighted by atomic mass is 35.7. The first-order chi connectivity index (χ1) is 9.29. The van der Waals surface area contributed by atoms with Crippen LogP contribution >= 0.6 is 22.3 Å². The number of hydrogen-bond acceptors (Lipinski definition) is 4. The van der Waals surface area contributed by atoms with E-state index in [1.807, 2.05) is 0 Å². The fourth-order valence-corrected chi connectivity index (χ4v) is 3.03. The fraction of sp³-hybridized carbons (Fsp3) is 0.417. The van der Waals surface area contributed by atoms with E-state index in [4.69, 9.17) is 27.0 Å². The van der Waals surface area contributed by atoms with Gasteiger partial charge in [0.2, 0.25) is 0 Å². The van der Waals surface area contributed by atoms with Gasteiger partial charge in [0.05, 0.1) is 15.5 Å². The van der Waals surface area contributed by atoms with Crippen LogP contribution in [0.5, 0.6) is 0 Å². The van der Waals surface area contributed by atoms with Gasteiger partial charge in [0.15, 0.2) is 0 Å². The third kappa shape index (κ3) is 4.34. The van der Waals surface area contributed by atoms with Crippen molar-refractivity contribution in [1.29, 1.82) is 0 Å². The maximum absolute atomic E-state index is 12.3. The molecule has 0 aliphatic rings. The summed E-state index contributed by atoms with van der Waals surface area (Å²) >= 11 is 5.94. The molecule has 0 radical (unpaired) electrons. The molecule has 0 fully saturated rings. The standard InChI is InChI=1S/C12H15Cl2NO4S/c1-15(7-4-8-19-2)12(16)11-9(13)5-3-6-10(11)20(14,17)18/h3,5-6H,4,7-8H2,1-2H3. The molecular weight excluding hydrogens is 325 g/mol. The van der Waals surface area contributed by atoms with Crippen molar-refractivity contribution in [2.24, 2.45) is 0 Å². The van der Waals surface area contributed by atoms with E-state index < -0.39 is 15.0 Å². The van der Waals surface area contributed by atoms with Crippen LogP contribution in [0.4, 0.5) is 0 Å². The fourth-order valence-electron chi connectivity index (χ4n) is 1.65. The van der Waals surface area contributed by atoms with Crippen LogP contribution in [0.25, 0.3) is 0 Å². The normalized spacial score (nSPS) is 11.4. The van der Waals surface area contributed by atoms with E-state index in [1.54, 1.807) is 14.2 Å². The summed E-state index contributed by atoms with van der Waals surface area (Å²) in [5.74, 6) is -0.495. The van der Waals surface area contributed by atoms with Gasteiger partial charge in [0.25, 0.3) is 15.0 Å². The summed E-state index contributed by atoms with van der Waals surface area (Å²) in [6, 6.07) is 4.13. The summed E-state index contributed by atoms with van der Waals surface area (Å²) in [6.07, 6.45) is 0.631. The van der Waals surface area contributed by atoms with Crippen LogP contribution in [0, 0.1) is 0 Å². The number of benzene rings is 1. The van der Waals surface area contributed by atoms with Gasteiger partial charge in [0.1, 0.15) is 0 Å². The van der Waals surface area contributed by atoms with E-state index >= 15 is 0 Å². The minimum atomic E-state index is -4.04. The minimum Gasteiger partial charge on any atom is -0.385 e. The maximum Gasteiger partial charge on any atom is 0.262 e. The number of carbonyl (C=O) groups excluding carboxylic acids is 1. The Bertz CT molecular complexity index is 589. The zero-order valence-electron chi connectivity index (χ0n) is 11.1. The van der Waals surface area contributed by atoms with Crippen LogP contribution in [0.15, 0.2) is 23.1 Å². The second-order valence-corrected chi connectivity index (χ2v) is 7.07. The molecule has 0 aliphatic heterocycles. The number of halogens is 2. The SMILES string of the molecule is COCCCN(C)C(=O)c1c(Cl)cccc1S(=O)(=O)Cl. The Morgan fingerprint density at radius 2 is 2.05 bits per heavy atom. The number of carbonyl (C=O) groups is 1. The Kier molecular flexibility index (Phi) is 6.26. The largest absolute Gasteiger partial charge is 0.385 e. The summed E-state index contributed by atoms with van der Waals surface area (Å²) in [5.41, 5.74) is -0.107. The van der Waals surface area contributed by atoms with Gasteiger partial charge < -0.3 is 9.64 Å². The predicted octanol–water partition coefficient (Wildman–Crippen LogP) is 2.38. The van der Waals surface area contributed by atoms with Crippen molar-refractivity contribution in [2.75, 3.05) is 27.3 Å². The molecule has 0 aliphatic carbocycles. The number of nitrogens with zero attached hydrogens (tertiary/aromatic N) is 1. The summed E-state index contributed by atoms with van der Waals surface area (Å²) in [7, 11) is 4.41. The molecule has 0 atom stereocenters. The quantitative estimate of drug-likeness (QED) is 0.589. The van der Waals surface area contributed by atoms with Gasteiger partial charge in [-0.15, -0.1) is 0 Å². The van der Waals surface area contributed by atoms with Crippen molar-refractivity contribution in [3.05, 3.63) is 28.8 Å². The van der Waals surface area contributed by atoms with E-state index in [0.717, 1.165) is 0 Å². The molecule has 112 valence electrons. The molecule has 8 heteroatoms. The van der Waals surface area contributed by atoms with Gasteiger partial charge in [-0.1, -0.05) is 17.7 Å². The van der Waals surface area contributed by atoms with Crippen molar-refractivity contribution in [1.82, 2.24) is 4.90 Å². The average molecular weight is 340 g/mol. The molecule has 1 amide bonds. The van der Waals surface area contributed by atoms with Crippen molar-refractivity contribution >= 4 is 37.2 Å². The second-order valence-electron chi connectivity index (χ2n) is 4.12. The number of amides is 1. The zero-order chi connectivity index (χ0) is 15.3. The monoisotopic (exact) mass is 339 g/mol. The lowest BCUT2D eigenvalue weighted by Gasteiger charge is -2.19. The summed E-state index contributed by atoms with van der Waals surface area (Å²) < 4.78 is 27.9. The molecule has 1 aromatic rings. The van der Waals surface area contributed by atoms with Gasteiger partial charge in [-0.05, 0) is 18.6 Å². The predicted molar refractivity (Wildman–Crippen MR) is 77.9 cm³/mol. The zero-order valence-corrected chi connectivity index (χ0v) is 13.4. The van der Waals surface area contributed by atoms with Gasteiger partial charge in [-0.2, -0.15) is 0 Å². The lowest BCUT2D eigenvalue weighted by molar-refractivity contribution is 0.0776. The average Bonchev–Trinajstić information content (AvgIpc) is 2.36. The van der Waals surface area contributed by atoms with Gasteiger partial charge >= 0.3 is 0 Å². The third-order valence-corrected chi connectivity index (χ3v) is 4.32. The number of rotatable bonds is 6. The number of methoxy groups -OCH3 is 1. The van der Waals surface area contributed by atoms with Crippen LogP contribution < -0.4 is 0 Å². The molecule has 5 nitrogen and oxygen atoms in total. The van der Waals surface area contributed by atoms with E-state index in [9.17, 15) is 13.2 Å². The maximum atomic E-state index is 12.3. The Morgan fingerprint density at radius 3 is 2.60 bits per heavy atom. The van der Waals surface area contributed by atoms with Crippen LogP contribution in [0.1, 0.15) is 16.8 Å². The summed E-state index contributed by atoms with van der Waals surface area (Å²) in [6.45, 7) is 0.917. The highest BCUT2D eigenvalue weighted by molar-refractivity contribution is 8.13. The molecule has 0 bridgehead atoms. The lowest BCUT2D eigenvalue weighted by atomic mass is 10.2. The first-order valence-electron chi connectivity index (χ1n) is 5.76. The highest BCUT2D eigenvalue weighted by Crippen LogP contribution is 2.27. The highest BCUT2D eigenvalue weighted by Gasteiger charge is 2.25. The first kappa shape index (κ1) is 17.2. The second kappa shape index (κ2) is 7.26. The van der Waals surface area contributed by atoms with Crippen molar-refractivity contribution in [3.63, 3.8) is 0 Å². The molecule has 1 aromatic carbocycles. The third-order valence-electron chi connectivity index (χ3n) is 2.64. The molecule has 1 rings (SSSR count). The van der Waals surface area contributed by atoms with Gasteiger partial charge in [0, 0.05) is 38.0 Å². The Balaban J connectivity index is 3.10. The number of ether oxygens (including phenoxy) is 1. The summed E-state index contributed by atoms with van der Waals surface area (Å²) in [4.78, 5) is 13.4.